The number of fused-ring (bicyclic) bond motifs is 1. The van der Waals surface area contributed by atoms with E-state index in [1.165, 1.54) is 11.3 Å². The molecular weight excluding hydrogens is 244 g/mol. The maximum atomic E-state index is 12.4. The van der Waals surface area contributed by atoms with E-state index in [1.54, 1.807) is 0 Å². The molecule has 18 heavy (non-hydrogen) atoms. The average molecular weight is 256 g/mol. The van der Waals surface area contributed by atoms with Crippen molar-refractivity contribution in [3.63, 3.8) is 0 Å². The first-order chi connectivity index (χ1) is 8.66. The van der Waals surface area contributed by atoms with E-state index in [-0.39, 0.29) is 5.78 Å². The lowest BCUT2D eigenvalue weighted by Crippen LogP contribution is -1.98. The molecule has 1 aromatic carbocycles. The third-order valence-corrected chi connectivity index (χ3v) is 4.01. The second-order valence-electron chi connectivity index (χ2n) is 4.29. The van der Waals surface area contributed by atoms with Gasteiger partial charge < -0.3 is 4.42 Å². The van der Waals surface area contributed by atoms with Gasteiger partial charge in [0, 0.05) is 15.8 Å². The summed E-state index contributed by atoms with van der Waals surface area (Å²) in [6.45, 7) is 3.92. The van der Waals surface area contributed by atoms with Crippen molar-refractivity contribution in [2.24, 2.45) is 0 Å². The van der Waals surface area contributed by atoms with Gasteiger partial charge in [0.2, 0.25) is 5.78 Å². The molecule has 0 aliphatic carbocycles. The first kappa shape index (κ1) is 11.2. The van der Waals surface area contributed by atoms with Crippen molar-refractivity contribution in [3.8, 4) is 0 Å². The lowest BCUT2D eigenvalue weighted by atomic mass is 10.1. The summed E-state index contributed by atoms with van der Waals surface area (Å²) in [5, 5.41) is 1.01. The normalized spacial score (nSPS) is 11.0. The summed E-state index contributed by atoms with van der Waals surface area (Å²) in [7, 11) is 0. The molecule has 0 bridgehead atoms. The van der Waals surface area contributed by atoms with E-state index >= 15 is 0 Å². The summed E-state index contributed by atoms with van der Waals surface area (Å²) in [4.78, 5) is 14.2. The summed E-state index contributed by atoms with van der Waals surface area (Å²) in [5.41, 5.74) is 1.69. The van der Waals surface area contributed by atoms with Crippen LogP contribution >= 0.6 is 11.3 Å². The number of rotatable bonds is 2. The maximum absolute atomic E-state index is 12.4. The molecule has 0 saturated carbocycles. The fourth-order valence-corrected chi connectivity index (χ4v) is 2.86. The van der Waals surface area contributed by atoms with Crippen molar-refractivity contribution < 1.29 is 9.21 Å². The molecule has 90 valence electrons. The van der Waals surface area contributed by atoms with Crippen molar-refractivity contribution in [1.82, 2.24) is 0 Å². The van der Waals surface area contributed by atoms with Gasteiger partial charge in [-0.2, -0.15) is 0 Å². The Kier molecular flexibility index (Phi) is 2.56. The van der Waals surface area contributed by atoms with Crippen LogP contribution in [0.2, 0.25) is 0 Å². The van der Waals surface area contributed by atoms with Gasteiger partial charge in [0.05, 0.1) is 4.88 Å². The third-order valence-electron chi connectivity index (χ3n) is 3.01. The van der Waals surface area contributed by atoms with E-state index in [1.807, 2.05) is 50.2 Å². The van der Waals surface area contributed by atoms with Crippen molar-refractivity contribution in [2.75, 3.05) is 0 Å². The minimum absolute atomic E-state index is 0.0261. The molecule has 0 unspecified atom stereocenters. The van der Waals surface area contributed by atoms with Gasteiger partial charge >= 0.3 is 0 Å². The number of hydrogen-bond acceptors (Lipinski definition) is 3. The Labute approximate surface area is 109 Å². The smallest absolute Gasteiger partial charge is 0.238 e. The quantitative estimate of drug-likeness (QED) is 0.638. The van der Waals surface area contributed by atoms with Gasteiger partial charge in [-0.1, -0.05) is 18.2 Å². The minimum atomic E-state index is -0.0261. The molecule has 2 aromatic heterocycles. The molecule has 3 aromatic rings. The fourth-order valence-electron chi connectivity index (χ4n) is 2.06. The van der Waals surface area contributed by atoms with Crippen molar-refractivity contribution >= 4 is 28.1 Å². The first-order valence-electron chi connectivity index (χ1n) is 5.76. The number of carbonyl (C=O) groups is 1. The molecule has 2 nitrogen and oxygen atoms in total. The molecule has 3 rings (SSSR count). The van der Waals surface area contributed by atoms with E-state index in [4.69, 9.17) is 4.42 Å². The average Bonchev–Trinajstić information content (AvgIpc) is 2.94. The number of hydrogen-bond donors (Lipinski definition) is 0. The molecule has 0 saturated heterocycles. The fraction of sp³-hybridized carbons (Fsp3) is 0.133. The second-order valence-corrected chi connectivity index (χ2v) is 5.58. The summed E-state index contributed by atoms with van der Waals surface area (Å²) in [6.07, 6.45) is 0. The SMILES string of the molecule is Cc1ccc(C(=O)c2oc3ccccc3c2C)s1. The largest absolute Gasteiger partial charge is 0.452 e. The highest BCUT2D eigenvalue weighted by molar-refractivity contribution is 7.14. The van der Waals surface area contributed by atoms with Crippen LogP contribution in [0, 0.1) is 13.8 Å². The van der Waals surface area contributed by atoms with Gasteiger partial charge in [0.1, 0.15) is 5.58 Å². The van der Waals surface area contributed by atoms with Gasteiger partial charge in [0.15, 0.2) is 5.76 Å². The molecular formula is C15H12O2S. The van der Waals surface area contributed by atoms with Crippen LogP contribution in [0.15, 0.2) is 40.8 Å². The number of ketones is 1. The van der Waals surface area contributed by atoms with E-state index in [0.717, 1.165) is 26.3 Å². The Balaban J connectivity index is 2.14. The molecule has 3 heteroatoms. The van der Waals surface area contributed by atoms with Crippen molar-refractivity contribution in [2.45, 2.75) is 13.8 Å². The molecule has 0 spiro atoms. The zero-order chi connectivity index (χ0) is 12.7. The number of furan rings is 1. The predicted molar refractivity (Wildman–Crippen MR) is 73.4 cm³/mol. The number of benzene rings is 1. The van der Waals surface area contributed by atoms with Crippen LogP contribution in [0.25, 0.3) is 11.0 Å². The van der Waals surface area contributed by atoms with Crippen LogP contribution in [-0.2, 0) is 0 Å². The highest BCUT2D eigenvalue weighted by Gasteiger charge is 2.19. The van der Waals surface area contributed by atoms with E-state index in [9.17, 15) is 4.79 Å². The van der Waals surface area contributed by atoms with Gasteiger partial charge in [-0.05, 0) is 32.0 Å². The van der Waals surface area contributed by atoms with Crippen LogP contribution in [-0.4, -0.2) is 5.78 Å². The van der Waals surface area contributed by atoms with Crippen LogP contribution in [0.5, 0.6) is 0 Å². The number of carbonyl (C=O) groups excluding carboxylic acids is 1. The maximum Gasteiger partial charge on any atom is 0.238 e. The van der Waals surface area contributed by atoms with E-state index < -0.39 is 0 Å². The lowest BCUT2D eigenvalue weighted by Gasteiger charge is -1.94. The molecule has 0 radical (unpaired) electrons. The zero-order valence-corrected chi connectivity index (χ0v) is 11.0. The second kappa shape index (κ2) is 4.10. The highest BCUT2D eigenvalue weighted by atomic mass is 32.1. The van der Waals surface area contributed by atoms with Crippen molar-refractivity contribution in [1.29, 1.82) is 0 Å². The molecule has 0 fully saturated rings. The van der Waals surface area contributed by atoms with Crippen LogP contribution in [0.4, 0.5) is 0 Å². The van der Waals surface area contributed by atoms with Gasteiger partial charge in [0.25, 0.3) is 0 Å². The standard InChI is InChI=1S/C15H12O2S/c1-9-7-8-13(18-9)14(16)15-10(2)11-5-3-4-6-12(11)17-15/h3-8H,1-2H3. The molecule has 0 N–H and O–H groups in total. The highest BCUT2D eigenvalue weighted by Crippen LogP contribution is 2.28. The van der Waals surface area contributed by atoms with E-state index in [0.29, 0.717) is 5.76 Å². The zero-order valence-electron chi connectivity index (χ0n) is 10.2. The van der Waals surface area contributed by atoms with Gasteiger partial charge in [-0.15, -0.1) is 11.3 Å². The third kappa shape index (κ3) is 1.68. The van der Waals surface area contributed by atoms with Crippen LogP contribution in [0.1, 0.15) is 25.9 Å². The predicted octanol–water partition coefficient (Wildman–Crippen LogP) is 4.34. The number of para-hydroxylation sites is 1. The number of aryl methyl sites for hydroxylation is 2. The van der Waals surface area contributed by atoms with Crippen LogP contribution < -0.4 is 0 Å². The summed E-state index contributed by atoms with van der Waals surface area (Å²) >= 11 is 1.50. The molecule has 0 aliphatic heterocycles. The Hall–Kier alpha value is -1.87. The molecule has 0 amide bonds. The monoisotopic (exact) mass is 256 g/mol. The van der Waals surface area contributed by atoms with Crippen molar-refractivity contribution in [3.05, 3.63) is 57.5 Å². The Bertz CT molecular complexity index is 734. The Morgan fingerprint density at radius 1 is 1.11 bits per heavy atom. The lowest BCUT2D eigenvalue weighted by molar-refractivity contribution is 0.101. The molecule has 2 heterocycles. The topological polar surface area (TPSA) is 30.2 Å². The summed E-state index contributed by atoms with van der Waals surface area (Å²) in [5.74, 6) is 0.430. The molecule has 0 atom stereocenters. The van der Waals surface area contributed by atoms with Crippen LogP contribution in [0.3, 0.4) is 0 Å². The molecule has 0 aliphatic rings. The van der Waals surface area contributed by atoms with Gasteiger partial charge in [-0.3, -0.25) is 4.79 Å². The minimum Gasteiger partial charge on any atom is -0.452 e. The van der Waals surface area contributed by atoms with Gasteiger partial charge in [-0.25, -0.2) is 0 Å². The Morgan fingerprint density at radius 3 is 2.56 bits per heavy atom. The first-order valence-corrected chi connectivity index (χ1v) is 6.58. The summed E-state index contributed by atoms with van der Waals surface area (Å²) < 4.78 is 5.68. The number of thiophene rings is 1. The Morgan fingerprint density at radius 2 is 1.89 bits per heavy atom. The van der Waals surface area contributed by atoms with E-state index in [2.05, 4.69) is 0 Å². The summed E-state index contributed by atoms with van der Waals surface area (Å²) in [6, 6.07) is 11.5.